The average Bonchev–Trinajstić information content (AvgIpc) is 2.92. The number of rotatable bonds is 4. The maximum absolute atomic E-state index is 4.74. The van der Waals surface area contributed by atoms with Crippen molar-refractivity contribution in [3.05, 3.63) is 18.6 Å². The number of imidazole rings is 1. The highest BCUT2D eigenvalue weighted by atomic mass is 15.2. The first kappa shape index (κ1) is 11.8. The fourth-order valence-corrected chi connectivity index (χ4v) is 4.97. The maximum Gasteiger partial charge on any atom is 0.180 e. The van der Waals surface area contributed by atoms with Gasteiger partial charge >= 0.3 is 0 Å². The Morgan fingerprint density at radius 3 is 2.86 bits per heavy atom. The third-order valence-electron chi connectivity index (χ3n) is 5.77. The van der Waals surface area contributed by atoms with Gasteiger partial charge in [0, 0.05) is 25.0 Å². The van der Waals surface area contributed by atoms with Gasteiger partial charge in [-0.1, -0.05) is 0 Å². The lowest BCUT2D eigenvalue weighted by molar-refractivity contribution is 0.456. The van der Waals surface area contributed by atoms with Crippen molar-refractivity contribution in [2.24, 2.45) is 23.7 Å². The lowest BCUT2D eigenvalue weighted by Crippen LogP contribution is -2.15. The number of fused-ring (bicyclic) bond motifs is 6. The Bertz CT molecular complexity index is 677. The fraction of sp³-hybridized carbons (Fsp3) is 0.625. The Morgan fingerprint density at radius 2 is 2.10 bits per heavy atom. The zero-order chi connectivity index (χ0) is 14.0. The van der Waals surface area contributed by atoms with Crippen molar-refractivity contribution in [3.63, 3.8) is 0 Å². The summed E-state index contributed by atoms with van der Waals surface area (Å²) in [6.07, 6.45) is 10.2. The van der Waals surface area contributed by atoms with E-state index in [1.807, 2.05) is 18.6 Å². The van der Waals surface area contributed by atoms with Crippen molar-refractivity contribution >= 4 is 17.3 Å². The van der Waals surface area contributed by atoms with Crippen LogP contribution in [-0.4, -0.2) is 27.0 Å². The van der Waals surface area contributed by atoms with Crippen LogP contribution >= 0.6 is 0 Å². The molecule has 2 bridgehead atoms. The molecule has 110 valence electrons. The van der Waals surface area contributed by atoms with Crippen LogP contribution in [0.3, 0.4) is 0 Å². The summed E-state index contributed by atoms with van der Waals surface area (Å²) in [5.41, 5.74) is 0.939. The van der Waals surface area contributed by atoms with Crippen LogP contribution in [-0.2, 0) is 0 Å². The number of nitrogens with zero attached hydrogens (tertiary/aromatic N) is 3. The zero-order valence-corrected chi connectivity index (χ0v) is 12.3. The Kier molecular flexibility index (Phi) is 2.32. The summed E-state index contributed by atoms with van der Waals surface area (Å²) in [5, 5.41) is 7.02. The van der Waals surface area contributed by atoms with Crippen LogP contribution in [0.5, 0.6) is 0 Å². The SMILES string of the molecule is CCNc1cn2ccnc2c(NC2C3C4CCC(C4)C23)n1. The predicted molar refractivity (Wildman–Crippen MR) is 82.4 cm³/mol. The number of aromatic nitrogens is 3. The summed E-state index contributed by atoms with van der Waals surface area (Å²) < 4.78 is 2.06. The van der Waals surface area contributed by atoms with Gasteiger partial charge in [-0.15, -0.1) is 0 Å². The molecule has 4 unspecified atom stereocenters. The van der Waals surface area contributed by atoms with Crippen molar-refractivity contribution in [1.29, 1.82) is 0 Å². The van der Waals surface area contributed by atoms with Crippen molar-refractivity contribution < 1.29 is 0 Å². The molecular weight excluding hydrogens is 262 g/mol. The Morgan fingerprint density at radius 1 is 1.29 bits per heavy atom. The summed E-state index contributed by atoms with van der Waals surface area (Å²) >= 11 is 0. The lowest BCUT2D eigenvalue weighted by Gasteiger charge is -2.13. The maximum atomic E-state index is 4.74. The molecule has 0 radical (unpaired) electrons. The van der Waals surface area contributed by atoms with Gasteiger partial charge in [0.1, 0.15) is 5.82 Å². The molecule has 21 heavy (non-hydrogen) atoms. The highest BCUT2D eigenvalue weighted by Gasteiger charge is 2.65. The van der Waals surface area contributed by atoms with Gasteiger partial charge < -0.3 is 15.0 Å². The molecule has 3 aliphatic carbocycles. The summed E-state index contributed by atoms with van der Waals surface area (Å²) in [7, 11) is 0. The minimum Gasteiger partial charge on any atom is -0.369 e. The largest absolute Gasteiger partial charge is 0.369 e. The molecule has 2 heterocycles. The van der Waals surface area contributed by atoms with E-state index in [4.69, 9.17) is 4.98 Å². The summed E-state index contributed by atoms with van der Waals surface area (Å²) in [6, 6.07) is 0.640. The topological polar surface area (TPSA) is 54.2 Å². The van der Waals surface area contributed by atoms with Crippen molar-refractivity contribution in [2.45, 2.75) is 32.2 Å². The number of hydrogen-bond donors (Lipinski definition) is 2. The van der Waals surface area contributed by atoms with E-state index in [1.165, 1.54) is 19.3 Å². The van der Waals surface area contributed by atoms with Gasteiger partial charge in [-0.3, -0.25) is 0 Å². The fourth-order valence-electron chi connectivity index (χ4n) is 4.97. The molecule has 2 aromatic rings. The van der Waals surface area contributed by atoms with Gasteiger partial charge in [0.2, 0.25) is 0 Å². The van der Waals surface area contributed by atoms with Crippen molar-refractivity contribution in [2.75, 3.05) is 17.2 Å². The molecule has 2 N–H and O–H groups in total. The van der Waals surface area contributed by atoms with Crippen molar-refractivity contribution in [1.82, 2.24) is 14.4 Å². The number of hydrogen-bond acceptors (Lipinski definition) is 4. The minimum absolute atomic E-state index is 0.640. The van der Waals surface area contributed by atoms with Gasteiger partial charge in [0.15, 0.2) is 11.5 Å². The van der Waals surface area contributed by atoms with E-state index in [2.05, 4.69) is 26.9 Å². The van der Waals surface area contributed by atoms with E-state index in [-0.39, 0.29) is 0 Å². The Balaban J connectivity index is 1.46. The second-order valence-corrected chi connectivity index (χ2v) is 6.82. The van der Waals surface area contributed by atoms with E-state index in [0.29, 0.717) is 6.04 Å². The molecule has 0 spiro atoms. The first-order valence-corrected chi connectivity index (χ1v) is 8.19. The first-order valence-electron chi connectivity index (χ1n) is 8.19. The van der Waals surface area contributed by atoms with E-state index in [9.17, 15) is 0 Å². The van der Waals surface area contributed by atoms with Gasteiger partial charge in [-0.05, 0) is 49.9 Å². The molecule has 3 aliphatic rings. The monoisotopic (exact) mass is 283 g/mol. The molecule has 0 amide bonds. The van der Waals surface area contributed by atoms with E-state index >= 15 is 0 Å². The van der Waals surface area contributed by atoms with Crippen LogP contribution in [0.2, 0.25) is 0 Å². The third-order valence-corrected chi connectivity index (χ3v) is 5.77. The molecular formula is C16H21N5. The Hall–Kier alpha value is -1.78. The predicted octanol–water partition coefficient (Wildman–Crippen LogP) is 2.62. The molecule has 5 heteroatoms. The molecule has 3 fully saturated rings. The van der Waals surface area contributed by atoms with Crippen LogP contribution in [0, 0.1) is 23.7 Å². The van der Waals surface area contributed by atoms with Crippen LogP contribution in [0.4, 0.5) is 11.6 Å². The van der Waals surface area contributed by atoms with Crippen LogP contribution in [0.25, 0.3) is 5.65 Å². The van der Waals surface area contributed by atoms with Crippen LogP contribution < -0.4 is 10.6 Å². The van der Waals surface area contributed by atoms with E-state index in [1.54, 1.807) is 0 Å². The molecule has 5 rings (SSSR count). The average molecular weight is 283 g/mol. The number of anilines is 2. The number of nitrogens with one attached hydrogen (secondary N) is 2. The van der Waals surface area contributed by atoms with Gasteiger partial charge in [-0.25, -0.2) is 9.97 Å². The highest BCUT2D eigenvalue weighted by molar-refractivity contribution is 5.66. The third kappa shape index (κ3) is 1.63. The minimum atomic E-state index is 0.640. The van der Waals surface area contributed by atoms with Gasteiger partial charge in [-0.2, -0.15) is 0 Å². The van der Waals surface area contributed by atoms with E-state index in [0.717, 1.165) is 47.5 Å². The first-order chi connectivity index (χ1) is 10.3. The quantitative estimate of drug-likeness (QED) is 0.905. The Labute approximate surface area is 124 Å². The molecule has 0 saturated heterocycles. The molecule has 5 nitrogen and oxygen atoms in total. The normalized spacial score (nSPS) is 36.0. The van der Waals surface area contributed by atoms with Gasteiger partial charge in [0.05, 0.1) is 6.20 Å². The molecule has 3 saturated carbocycles. The molecule has 0 aliphatic heterocycles. The van der Waals surface area contributed by atoms with Gasteiger partial charge in [0.25, 0.3) is 0 Å². The van der Waals surface area contributed by atoms with Crippen LogP contribution in [0.1, 0.15) is 26.2 Å². The summed E-state index contributed by atoms with van der Waals surface area (Å²) in [6.45, 7) is 2.97. The smallest absolute Gasteiger partial charge is 0.180 e. The van der Waals surface area contributed by atoms with E-state index < -0.39 is 0 Å². The lowest BCUT2D eigenvalue weighted by atomic mass is 10.0. The standard InChI is InChI=1S/C16H21N5/c1-2-17-11-8-21-6-5-18-16(21)15(19-11)20-14-12-9-3-4-10(7-9)13(12)14/h5-6,8-10,12-14,17H,2-4,7H2,1H3,(H,19,20). The zero-order valence-electron chi connectivity index (χ0n) is 12.3. The molecule has 0 aromatic carbocycles. The van der Waals surface area contributed by atoms with Crippen molar-refractivity contribution in [3.8, 4) is 0 Å². The summed E-state index contributed by atoms with van der Waals surface area (Å²) in [5.74, 6) is 5.62. The second-order valence-electron chi connectivity index (χ2n) is 6.82. The molecule has 4 atom stereocenters. The highest BCUT2D eigenvalue weighted by Crippen LogP contribution is 2.66. The summed E-state index contributed by atoms with van der Waals surface area (Å²) in [4.78, 5) is 9.19. The second kappa shape index (κ2) is 4.12. The van der Waals surface area contributed by atoms with Crippen LogP contribution in [0.15, 0.2) is 18.6 Å². The molecule has 2 aromatic heterocycles.